The van der Waals surface area contributed by atoms with Crippen molar-refractivity contribution in [2.24, 2.45) is 0 Å². The third kappa shape index (κ3) is 2.74. The van der Waals surface area contributed by atoms with Crippen LogP contribution in [-0.2, 0) is 12.6 Å². The second-order valence-corrected chi connectivity index (χ2v) is 11.3. The van der Waals surface area contributed by atoms with Gasteiger partial charge in [-0.05, 0) is 23.2 Å². The summed E-state index contributed by atoms with van der Waals surface area (Å²) in [6.45, 7) is 6.04. The Morgan fingerprint density at radius 3 is 2.42 bits per heavy atom. The van der Waals surface area contributed by atoms with E-state index in [0.29, 0.717) is 0 Å². The Balaban J connectivity index is 1.93. The molecule has 1 heterocycles. The number of anilines is 1. The number of hydrogen-bond acceptors (Lipinski definition) is 1. The molecule has 0 unspecified atom stereocenters. The van der Waals surface area contributed by atoms with Crippen LogP contribution in [0.4, 0.5) is 5.69 Å². The van der Waals surface area contributed by atoms with Crippen molar-refractivity contribution >= 4 is 13.8 Å². The molecular weight excluding hydrogens is 246 g/mol. The Kier molecular flexibility index (Phi) is 3.19. The van der Waals surface area contributed by atoms with Gasteiger partial charge < -0.3 is 4.90 Å². The van der Waals surface area contributed by atoms with E-state index in [1.807, 2.05) is 0 Å². The van der Waals surface area contributed by atoms with Crippen LogP contribution in [0.15, 0.2) is 54.6 Å². The van der Waals surface area contributed by atoms with Gasteiger partial charge in [0.1, 0.15) is 0 Å². The fourth-order valence-electron chi connectivity index (χ4n) is 3.09. The Morgan fingerprint density at radius 2 is 1.63 bits per heavy atom. The molecule has 2 heteroatoms. The molecule has 1 nitrogen and oxygen atoms in total. The second kappa shape index (κ2) is 4.86. The molecule has 2 aromatic carbocycles. The average Bonchev–Trinajstić information content (AvgIpc) is 2.38. The molecule has 0 spiro atoms. The minimum absolute atomic E-state index is 1.04. The van der Waals surface area contributed by atoms with Gasteiger partial charge in [-0.3, -0.25) is 0 Å². The van der Waals surface area contributed by atoms with Crippen LogP contribution in [0.25, 0.3) is 0 Å². The molecule has 19 heavy (non-hydrogen) atoms. The maximum Gasteiger partial charge on any atom is 0.0739 e. The van der Waals surface area contributed by atoms with Crippen molar-refractivity contribution in [2.45, 2.75) is 25.7 Å². The van der Waals surface area contributed by atoms with E-state index in [4.69, 9.17) is 0 Å². The fourth-order valence-corrected chi connectivity index (χ4v) is 5.84. The normalized spacial score (nSPS) is 17.1. The van der Waals surface area contributed by atoms with Crippen molar-refractivity contribution in [3.63, 3.8) is 0 Å². The lowest BCUT2D eigenvalue weighted by atomic mass is 10.1. The largest absolute Gasteiger partial charge is 0.370 e. The van der Waals surface area contributed by atoms with Gasteiger partial charge in [0, 0.05) is 18.4 Å². The predicted octanol–water partition coefficient (Wildman–Crippen LogP) is 4.04. The van der Waals surface area contributed by atoms with Crippen LogP contribution < -0.4 is 4.90 Å². The lowest BCUT2D eigenvalue weighted by molar-refractivity contribution is 0.854. The van der Waals surface area contributed by atoms with Gasteiger partial charge >= 0.3 is 0 Å². The highest BCUT2D eigenvalue weighted by atomic mass is 28.3. The lowest BCUT2D eigenvalue weighted by Crippen LogP contribution is -2.48. The van der Waals surface area contributed by atoms with Gasteiger partial charge in [-0.15, -0.1) is 0 Å². The van der Waals surface area contributed by atoms with Crippen LogP contribution in [0.2, 0.25) is 13.1 Å². The second-order valence-electron chi connectivity index (χ2n) is 6.31. The molecular formula is C17H21NSi. The van der Waals surface area contributed by atoms with Gasteiger partial charge in [-0.1, -0.05) is 61.6 Å². The highest BCUT2D eigenvalue weighted by Gasteiger charge is 2.31. The van der Waals surface area contributed by atoms with Crippen LogP contribution in [0.5, 0.6) is 0 Å². The monoisotopic (exact) mass is 267 g/mol. The molecule has 3 rings (SSSR count). The SMILES string of the molecule is C[Si]1(C)Cc2ccccc2N(Cc2ccccc2)C1. The summed E-state index contributed by atoms with van der Waals surface area (Å²) in [4.78, 5) is 2.58. The number of hydrogen-bond donors (Lipinski definition) is 0. The summed E-state index contributed by atoms with van der Waals surface area (Å²) in [5, 5.41) is 0. The van der Waals surface area contributed by atoms with E-state index < -0.39 is 8.07 Å². The Labute approximate surface area is 116 Å². The van der Waals surface area contributed by atoms with Gasteiger partial charge in [0.05, 0.1) is 8.07 Å². The van der Waals surface area contributed by atoms with E-state index in [-0.39, 0.29) is 0 Å². The zero-order valence-electron chi connectivity index (χ0n) is 11.8. The Bertz CT molecular complexity index is 562. The fraction of sp³-hybridized carbons (Fsp3) is 0.294. The summed E-state index contributed by atoms with van der Waals surface area (Å²) >= 11 is 0. The van der Waals surface area contributed by atoms with E-state index in [1.54, 1.807) is 5.56 Å². The smallest absolute Gasteiger partial charge is 0.0739 e. The summed E-state index contributed by atoms with van der Waals surface area (Å²) in [5.74, 6) is 0. The van der Waals surface area contributed by atoms with Gasteiger partial charge in [0.2, 0.25) is 0 Å². The molecule has 0 saturated heterocycles. The van der Waals surface area contributed by atoms with E-state index in [2.05, 4.69) is 72.6 Å². The zero-order chi connectivity index (χ0) is 13.3. The number of para-hydroxylation sites is 1. The minimum Gasteiger partial charge on any atom is -0.370 e. The first-order chi connectivity index (χ1) is 9.14. The number of rotatable bonds is 2. The Morgan fingerprint density at radius 1 is 0.947 bits per heavy atom. The van der Waals surface area contributed by atoms with Crippen molar-refractivity contribution in [3.8, 4) is 0 Å². The average molecular weight is 267 g/mol. The molecule has 1 aliphatic heterocycles. The summed E-state index contributed by atoms with van der Waals surface area (Å²) in [6, 6.07) is 21.1. The predicted molar refractivity (Wildman–Crippen MR) is 85.1 cm³/mol. The number of nitrogens with zero attached hydrogens (tertiary/aromatic N) is 1. The summed E-state index contributed by atoms with van der Waals surface area (Å²) < 4.78 is 0. The van der Waals surface area contributed by atoms with E-state index in [0.717, 1.165) is 6.54 Å². The van der Waals surface area contributed by atoms with Crippen molar-refractivity contribution < 1.29 is 0 Å². The lowest BCUT2D eigenvalue weighted by Gasteiger charge is -2.39. The molecule has 2 aromatic rings. The number of benzene rings is 2. The minimum atomic E-state index is -1.13. The van der Waals surface area contributed by atoms with Gasteiger partial charge in [0.15, 0.2) is 0 Å². The van der Waals surface area contributed by atoms with Crippen molar-refractivity contribution in [1.29, 1.82) is 0 Å². The summed E-state index contributed by atoms with van der Waals surface area (Å²) in [5.41, 5.74) is 4.39. The van der Waals surface area contributed by atoms with Crippen molar-refractivity contribution in [3.05, 3.63) is 65.7 Å². The van der Waals surface area contributed by atoms with Gasteiger partial charge in [0.25, 0.3) is 0 Å². The molecule has 98 valence electrons. The third-order valence-corrected chi connectivity index (χ3v) is 6.41. The molecule has 0 aromatic heterocycles. The highest BCUT2D eigenvalue weighted by Crippen LogP contribution is 2.31. The summed E-state index contributed by atoms with van der Waals surface area (Å²) in [6.07, 6.45) is 1.26. The molecule has 0 N–H and O–H groups in total. The molecule has 0 radical (unpaired) electrons. The first-order valence-corrected chi connectivity index (χ1v) is 10.4. The highest BCUT2D eigenvalue weighted by molar-refractivity contribution is 6.78. The van der Waals surface area contributed by atoms with Gasteiger partial charge in [-0.2, -0.15) is 0 Å². The summed E-state index contributed by atoms with van der Waals surface area (Å²) in [7, 11) is -1.13. The van der Waals surface area contributed by atoms with Crippen LogP contribution in [0, 0.1) is 0 Å². The van der Waals surface area contributed by atoms with E-state index in [9.17, 15) is 0 Å². The van der Waals surface area contributed by atoms with Crippen molar-refractivity contribution in [2.75, 3.05) is 11.1 Å². The van der Waals surface area contributed by atoms with Crippen LogP contribution in [-0.4, -0.2) is 14.2 Å². The molecule has 0 atom stereocenters. The van der Waals surface area contributed by atoms with E-state index in [1.165, 1.54) is 23.5 Å². The molecule has 0 fully saturated rings. The topological polar surface area (TPSA) is 3.24 Å². The standard InChI is InChI=1S/C17H21NSi/c1-19(2)13-16-10-6-7-11-17(16)18(14-19)12-15-8-4-3-5-9-15/h3-11H,12-14H2,1-2H3. The molecule has 1 aliphatic rings. The molecule has 0 amide bonds. The van der Waals surface area contributed by atoms with E-state index >= 15 is 0 Å². The van der Waals surface area contributed by atoms with Crippen molar-refractivity contribution in [1.82, 2.24) is 0 Å². The third-order valence-electron chi connectivity index (χ3n) is 3.84. The maximum absolute atomic E-state index is 2.58. The van der Waals surface area contributed by atoms with Crippen LogP contribution >= 0.6 is 0 Å². The van der Waals surface area contributed by atoms with Crippen LogP contribution in [0.3, 0.4) is 0 Å². The molecule has 0 bridgehead atoms. The molecule has 0 aliphatic carbocycles. The zero-order valence-corrected chi connectivity index (χ0v) is 12.8. The maximum atomic E-state index is 2.58. The van der Waals surface area contributed by atoms with Gasteiger partial charge in [-0.25, -0.2) is 0 Å². The number of fused-ring (bicyclic) bond motifs is 1. The quantitative estimate of drug-likeness (QED) is 0.742. The first-order valence-electron chi connectivity index (χ1n) is 7.01. The first kappa shape index (κ1) is 12.5. The Hall–Kier alpha value is -1.54. The van der Waals surface area contributed by atoms with Crippen LogP contribution in [0.1, 0.15) is 11.1 Å². The molecule has 0 saturated carbocycles.